The molecule has 2 amide bonds. The van der Waals surface area contributed by atoms with Crippen LogP contribution in [0.15, 0.2) is 42.7 Å². The highest BCUT2D eigenvalue weighted by Gasteiger charge is 2.34. The number of aromatic nitrogens is 1. The van der Waals surface area contributed by atoms with E-state index in [9.17, 15) is 14.0 Å². The molecular formula is C20H23FN4O2. The second kappa shape index (κ2) is 7.52. The van der Waals surface area contributed by atoms with Gasteiger partial charge >= 0.3 is 0 Å². The molecule has 1 fully saturated rings. The third-order valence-electron chi connectivity index (χ3n) is 5.38. The van der Waals surface area contributed by atoms with Gasteiger partial charge in [0.2, 0.25) is 11.8 Å². The first-order valence-electron chi connectivity index (χ1n) is 9.31. The van der Waals surface area contributed by atoms with Crippen molar-refractivity contribution in [3.63, 3.8) is 0 Å². The van der Waals surface area contributed by atoms with Gasteiger partial charge in [0.25, 0.3) is 0 Å². The average Bonchev–Trinajstić information content (AvgIpc) is 3.19. The lowest BCUT2D eigenvalue weighted by Crippen LogP contribution is -2.51. The Morgan fingerprint density at radius 3 is 2.59 bits per heavy atom. The molecule has 3 heterocycles. The fraction of sp³-hybridized carbons (Fsp3) is 0.400. The first-order chi connectivity index (χ1) is 13.1. The van der Waals surface area contributed by atoms with Gasteiger partial charge in [0.1, 0.15) is 5.82 Å². The average molecular weight is 370 g/mol. The maximum Gasteiger partial charge on any atom is 0.230 e. The summed E-state index contributed by atoms with van der Waals surface area (Å²) in [5, 5.41) is 2.73. The van der Waals surface area contributed by atoms with Crippen molar-refractivity contribution in [3.8, 4) is 0 Å². The van der Waals surface area contributed by atoms with Gasteiger partial charge in [-0.05, 0) is 35.9 Å². The zero-order valence-corrected chi connectivity index (χ0v) is 15.1. The van der Waals surface area contributed by atoms with E-state index in [1.54, 1.807) is 0 Å². The second-order valence-corrected chi connectivity index (χ2v) is 7.12. The van der Waals surface area contributed by atoms with Crippen molar-refractivity contribution in [1.82, 2.24) is 14.4 Å². The Bertz CT molecular complexity index is 829. The summed E-state index contributed by atoms with van der Waals surface area (Å²) in [7, 11) is 0. The number of halogens is 1. The first kappa shape index (κ1) is 17.7. The Kier molecular flexibility index (Phi) is 4.94. The molecule has 2 aliphatic heterocycles. The Labute approximate surface area is 157 Å². The highest BCUT2D eigenvalue weighted by molar-refractivity contribution is 6.01. The van der Waals surface area contributed by atoms with Crippen LogP contribution in [0, 0.1) is 5.82 Å². The maximum atomic E-state index is 13.7. The molecule has 0 bridgehead atoms. The molecule has 27 heavy (non-hydrogen) atoms. The lowest BCUT2D eigenvalue weighted by atomic mass is 9.89. The first-order valence-corrected chi connectivity index (χ1v) is 9.31. The normalized spacial score (nSPS) is 20.3. The number of rotatable bonds is 4. The van der Waals surface area contributed by atoms with E-state index in [4.69, 9.17) is 0 Å². The van der Waals surface area contributed by atoms with Gasteiger partial charge in [-0.3, -0.25) is 14.5 Å². The number of nitrogens with zero attached hydrogens (tertiary/aromatic N) is 3. The summed E-state index contributed by atoms with van der Waals surface area (Å²) in [4.78, 5) is 29.1. The molecule has 2 aromatic rings. The van der Waals surface area contributed by atoms with Crippen molar-refractivity contribution in [2.24, 2.45) is 0 Å². The standard InChI is InChI=1S/C20H23FN4O2/c21-15-3-4-18-16(13-15)17(14-19(26)22-18)20(27)25-11-9-24(10-12-25)8-7-23-5-1-2-6-23/h1-6,13,17H,7-12,14H2,(H,22,26)/t17-/m1/s1. The Morgan fingerprint density at radius 1 is 1.11 bits per heavy atom. The van der Waals surface area contributed by atoms with Gasteiger partial charge in [0.05, 0.1) is 5.92 Å². The summed E-state index contributed by atoms with van der Waals surface area (Å²) >= 11 is 0. The van der Waals surface area contributed by atoms with Crippen molar-refractivity contribution in [2.75, 3.05) is 38.0 Å². The van der Waals surface area contributed by atoms with Crippen molar-refractivity contribution in [3.05, 3.63) is 54.1 Å². The lowest BCUT2D eigenvalue weighted by molar-refractivity contribution is -0.136. The summed E-state index contributed by atoms with van der Waals surface area (Å²) in [5.41, 5.74) is 1.12. The third-order valence-corrected chi connectivity index (χ3v) is 5.38. The van der Waals surface area contributed by atoms with Gasteiger partial charge < -0.3 is 14.8 Å². The van der Waals surface area contributed by atoms with Crippen LogP contribution in [0.5, 0.6) is 0 Å². The second-order valence-electron chi connectivity index (χ2n) is 7.12. The third kappa shape index (κ3) is 3.88. The van der Waals surface area contributed by atoms with E-state index in [2.05, 4.69) is 14.8 Å². The van der Waals surface area contributed by atoms with Crippen molar-refractivity contribution < 1.29 is 14.0 Å². The highest BCUT2D eigenvalue weighted by Crippen LogP contribution is 2.34. The van der Waals surface area contributed by atoms with Crippen LogP contribution >= 0.6 is 0 Å². The molecule has 0 radical (unpaired) electrons. The number of anilines is 1. The number of hydrogen-bond donors (Lipinski definition) is 1. The van der Waals surface area contributed by atoms with Gasteiger partial charge in [0, 0.05) is 63.8 Å². The topological polar surface area (TPSA) is 57.6 Å². The number of amides is 2. The molecule has 1 aromatic heterocycles. The zero-order valence-electron chi connectivity index (χ0n) is 15.1. The summed E-state index contributed by atoms with van der Waals surface area (Å²) in [6.45, 7) is 4.75. The number of fused-ring (bicyclic) bond motifs is 1. The van der Waals surface area contributed by atoms with Crippen LogP contribution in [-0.4, -0.2) is 58.9 Å². The minimum Gasteiger partial charge on any atom is -0.353 e. The largest absolute Gasteiger partial charge is 0.353 e. The molecule has 1 N–H and O–H groups in total. The fourth-order valence-electron chi connectivity index (χ4n) is 3.84. The van der Waals surface area contributed by atoms with E-state index in [1.165, 1.54) is 18.2 Å². The monoisotopic (exact) mass is 370 g/mol. The molecule has 7 heteroatoms. The van der Waals surface area contributed by atoms with E-state index in [0.717, 1.165) is 26.2 Å². The van der Waals surface area contributed by atoms with Gasteiger partial charge in [-0.25, -0.2) is 4.39 Å². The predicted octanol–water partition coefficient (Wildman–Crippen LogP) is 1.90. The summed E-state index contributed by atoms with van der Waals surface area (Å²) in [5.74, 6) is -1.27. The molecule has 142 valence electrons. The van der Waals surface area contributed by atoms with Crippen molar-refractivity contribution in [2.45, 2.75) is 18.9 Å². The van der Waals surface area contributed by atoms with Crippen LogP contribution in [0.25, 0.3) is 0 Å². The number of carbonyl (C=O) groups is 2. The van der Waals surface area contributed by atoms with Crippen molar-refractivity contribution in [1.29, 1.82) is 0 Å². The Balaban J connectivity index is 1.38. The predicted molar refractivity (Wildman–Crippen MR) is 99.8 cm³/mol. The summed E-state index contributed by atoms with van der Waals surface area (Å²) < 4.78 is 15.8. The molecule has 4 rings (SSSR count). The molecule has 0 saturated carbocycles. The number of carbonyl (C=O) groups excluding carboxylic acids is 2. The summed E-state index contributed by atoms with van der Waals surface area (Å²) in [6, 6.07) is 8.22. The smallest absolute Gasteiger partial charge is 0.230 e. The summed E-state index contributed by atoms with van der Waals surface area (Å²) in [6.07, 6.45) is 4.16. The van der Waals surface area contributed by atoms with E-state index in [0.29, 0.717) is 24.3 Å². The van der Waals surface area contributed by atoms with Crippen LogP contribution < -0.4 is 5.32 Å². The van der Waals surface area contributed by atoms with Crippen LogP contribution in [0.2, 0.25) is 0 Å². The quantitative estimate of drug-likeness (QED) is 0.894. The molecular weight excluding hydrogens is 347 g/mol. The SMILES string of the molecule is O=C1C[C@@H](C(=O)N2CCN(CCn3cccc3)CC2)c2cc(F)ccc2N1. The van der Waals surface area contributed by atoms with Gasteiger partial charge in [-0.15, -0.1) is 0 Å². The molecule has 6 nitrogen and oxygen atoms in total. The van der Waals surface area contributed by atoms with Crippen LogP contribution in [-0.2, 0) is 16.1 Å². The van der Waals surface area contributed by atoms with Gasteiger partial charge in [-0.1, -0.05) is 0 Å². The number of piperazine rings is 1. The molecule has 0 aliphatic carbocycles. The molecule has 0 spiro atoms. The van der Waals surface area contributed by atoms with Crippen LogP contribution in [0.1, 0.15) is 17.9 Å². The highest BCUT2D eigenvalue weighted by atomic mass is 19.1. The number of benzene rings is 1. The Hall–Kier alpha value is -2.67. The van der Waals surface area contributed by atoms with E-state index in [1.807, 2.05) is 29.4 Å². The van der Waals surface area contributed by atoms with E-state index >= 15 is 0 Å². The maximum absolute atomic E-state index is 13.7. The Morgan fingerprint density at radius 2 is 1.85 bits per heavy atom. The minimum atomic E-state index is -0.601. The number of nitrogens with one attached hydrogen (secondary N) is 1. The molecule has 1 atom stereocenters. The van der Waals surface area contributed by atoms with Crippen LogP contribution in [0.3, 0.4) is 0 Å². The van der Waals surface area contributed by atoms with E-state index < -0.39 is 11.7 Å². The van der Waals surface area contributed by atoms with Crippen molar-refractivity contribution >= 4 is 17.5 Å². The van der Waals surface area contributed by atoms with Crippen LogP contribution in [0.4, 0.5) is 10.1 Å². The molecule has 1 aromatic carbocycles. The number of hydrogen-bond acceptors (Lipinski definition) is 3. The fourth-order valence-corrected chi connectivity index (χ4v) is 3.84. The molecule has 2 aliphatic rings. The van der Waals surface area contributed by atoms with Gasteiger partial charge in [0.15, 0.2) is 0 Å². The molecule has 1 saturated heterocycles. The molecule has 0 unspecified atom stereocenters. The van der Waals surface area contributed by atoms with E-state index in [-0.39, 0.29) is 18.2 Å². The van der Waals surface area contributed by atoms with Gasteiger partial charge in [-0.2, -0.15) is 0 Å². The minimum absolute atomic E-state index is 0.0725. The lowest BCUT2D eigenvalue weighted by Gasteiger charge is -2.37. The zero-order chi connectivity index (χ0) is 18.8.